The van der Waals surface area contributed by atoms with Crippen molar-refractivity contribution in [2.75, 3.05) is 13.7 Å². The number of hydrogen-bond acceptors (Lipinski definition) is 3. The van der Waals surface area contributed by atoms with E-state index in [-0.39, 0.29) is 0 Å². The summed E-state index contributed by atoms with van der Waals surface area (Å²) < 4.78 is 6.41. The predicted molar refractivity (Wildman–Crippen MR) is 52.7 cm³/mol. The molecule has 0 fully saturated rings. The maximum atomic E-state index is 5.01. The van der Waals surface area contributed by atoms with Gasteiger partial charge in [0.1, 0.15) is 10.5 Å². The van der Waals surface area contributed by atoms with Crippen LogP contribution in [0.3, 0.4) is 0 Å². The monoisotopic (exact) mass is 248 g/mol. The lowest BCUT2D eigenvalue weighted by atomic mass is 10.4. The highest BCUT2D eigenvalue weighted by Crippen LogP contribution is 2.07. The molecule has 0 unspecified atom stereocenters. The zero-order valence-corrected chi connectivity index (χ0v) is 9.04. The number of rotatable bonds is 3. The van der Waals surface area contributed by atoms with Crippen molar-refractivity contribution in [1.82, 2.24) is 9.97 Å². The smallest absolute Gasteiger partial charge is 0.120 e. The second-order valence-electron chi connectivity index (χ2n) is 2.25. The molecule has 12 heavy (non-hydrogen) atoms. The fourth-order valence-corrected chi connectivity index (χ4v) is 1.11. The van der Waals surface area contributed by atoms with Crippen LogP contribution >= 0.6 is 28.1 Å². The molecule has 0 aliphatic heterocycles. The summed E-state index contributed by atoms with van der Waals surface area (Å²) in [5.74, 6) is 0.852. The van der Waals surface area contributed by atoms with Gasteiger partial charge in [0.25, 0.3) is 0 Å². The molecule has 0 saturated heterocycles. The highest BCUT2D eigenvalue weighted by molar-refractivity contribution is 9.10. The van der Waals surface area contributed by atoms with Gasteiger partial charge < -0.3 is 9.72 Å². The Labute approximate surface area is 84.3 Å². The van der Waals surface area contributed by atoms with Gasteiger partial charge in [0, 0.05) is 19.7 Å². The summed E-state index contributed by atoms with van der Waals surface area (Å²) in [7, 11) is 1.66. The van der Waals surface area contributed by atoms with Crippen LogP contribution in [0.1, 0.15) is 5.82 Å². The molecule has 0 spiro atoms. The van der Waals surface area contributed by atoms with Gasteiger partial charge >= 0.3 is 0 Å². The molecule has 0 atom stereocenters. The standard InChI is InChI=1S/C7H9BrN2OS/c1-11-3-2-6-9-4-5(8)7(12)10-6/h4H,2-3H2,1H3,(H,9,10,12). The maximum Gasteiger partial charge on any atom is 0.120 e. The van der Waals surface area contributed by atoms with E-state index in [1.54, 1.807) is 13.3 Å². The van der Waals surface area contributed by atoms with Gasteiger partial charge in [-0.3, -0.25) is 0 Å². The SMILES string of the molecule is COCCc1ncc(Br)c(=S)[nH]1. The first kappa shape index (κ1) is 9.83. The fraction of sp³-hybridized carbons (Fsp3) is 0.429. The van der Waals surface area contributed by atoms with Crippen LogP contribution in [0.25, 0.3) is 0 Å². The number of hydrogen-bond donors (Lipinski definition) is 1. The van der Waals surface area contributed by atoms with Gasteiger partial charge in [-0.1, -0.05) is 12.2 Å². The van der Waals surface area contributed by atoms with Crippen molar-refractivity contribution < 1.29 is 4.74 Å². The van der Waals surface area contributed by atoms with Crippen molar-refractivity contribution in [3.8, 4) is 0 Å². The van der Waals surface area contributed by atoms with Crippen LogP contribution in [0.15, 0.2) is 10.7 Å². The molecule has 0 aliphatic carbocycles. The van der Waals surface area contributed by atoms with Gasteiger partial charge in [0.15, 0.2) is 0 Å². The number of H-pyrrole nitrogens is 1. The first-order chi connectivity index (χ1) is 5.74. The molecule has 0 amide bonds. The third-order valence-electron chi connectivity index (χ3n) is 1.35. The summed E-state index contributed by atoms with van der Waals surface area (Å²) >= 11 is 8.28. The Balaban J connectivity index is 2.76. The van der Waals surface area contributed by atoms with Crippen molar-refractivity contribution in [1.29, 1.82) is 0 Å². The number of nitrogens with one attached hydrogen (secondary N) is 1. The first-order valence-corrected chi connectivity index (χ1v) is 4.67. The van der Waals surface area contributed by atoms with E-state index >= 15 is 0 Å². The van der Waals surface area contributed by atoms with Crippen LogP contribution in [-0.4, -0.2) is 23.7 Å². The van der Waals surface area contributed by atoms with Crippen LogP contribution in [0, 0.1) is 4.64 Å². The summed E-state index contributed by atoms with van der Waals surface area (Å²) in [6, 6.07) is 0. The molecule has 3 nitrogen and oxygen atoms in total. The first-order valence-electron chi connectivity index (χ1n) is 3.46. The number of nitrogens with zero attached hydrogens (tertiary/aromatic N) is 1. The van der Waals surface area contributed by atoms with E-state index in [9.17, 15) is 0 Å². The molecule has 1 aromatic rings. The molecule has 1 aromatic heterocycles. The lowest BCUT2D eigenvalue weighted by molar-refractivity contribution is 0.200. The largest absolute Gasteiger partial charge is 0.384 e. The van der Waals surface area contributed by atoms with Crippen molar-refractivity contribution in [2.45, 2.75) is 6.42 Å². The summed E-state index contributed by atoms with van der Waals surface area (Å²) in [4.78, 5) is 7.11. The summed E-state index contributed by atoms with van der Waals surface area (Å²) in [6.07, 6.45) is 2.46. The normalized spacial score (nSPS) is 10.2. The van der Waals surface area contributed by atoms with E-state index < -0.39 is 0 Å². The van der Waals surface area contributed by atoms with Gasteiger partial charge in [0.2, 0.25) is 0 Å². The molecule has 1 heterocycles. The number of methoxy groups -OCH3 is 1. The Morgan fingerprint density at radius 2 is 2.50 bits per heavy atom. The zero-order chi connectivity index (χ0) is 8.97. The van der Waals surface area contributed by atoms with Crippen molar-refractivity contribution in [3.63, 3.8) is 0 Å². The lowest BCUT2D eigenvalue weighted by Gasteiger charge is -1.99. The molecule has 1 N–H and O–H groups in total. The van der Waals surface area contributed by atoms with Crippen LogP contribution < -0.4 is 0 Å². The molecular weight excluding hydrogens is 240 g/mol. The minimum absolute atomic E-state index is 0.653. The van der Waals surface area contributed by atoms with E-state index in [4.69, 9.17) is 17.0 Å². The Bertz CT molecular complexity index is 313. The van der Waals surface area contributed by atoms with E-state index in [0.717, 1.165) is 16.7 Å². The highest BCUT2D eigenvalue weighted by Gasteiger charge is 1.95. The van der Waals surface area contributed by atoms with Crippen LogP contribution in [0.4, 0.5) is 0 Å². The van der Waals surface area contributed by atoms with Gasteiger partial charge in [-0.15, -0.1) is 0 Å². The summed E-state index contributed by atoms with van der Waals surface area (Å²) in [5, 5.41) is 0. The average molecular weight is 249 g/mol. The number of ether oxygens (including phenoxy) is 1. The van der Waals surface area contributed by atoms with Gasteiger partial charge in [0.05, 0.1) is 11.1 Å². The molecule has 1 rings (SSSR count). The average Bonchev–Trinajstić information content (AvgIpc) is 2.07. The molecule has 0 aliphatic rings. The lowest BCUT2D eigenvalue weighted by Crippen LogP contribution is -2.00. The van der Waals surface area contributed by atoms with E-state index in [2.05, 4.69) is 25.9 Å². The van der Waals surface area contributed by atoms with Gasteiger partial charge in [-0.05, 0) is 15.9 Å². The van der Waals surface area contributed by atoms with Crippen molar-refractivity contribution in [3.05, 3.63) is 21.1 Å². The topological polar surface area (TPSA) is 37.9 Å². The molecule has 0 radical (unpaired) electrons. The number of aromatic amines is 1. The minimum atomic E-state index is 0.653. The Kier molecular flexibility index (Phi) is 3.84. The fourth-order valence-electron chi connectivity index (χ4n) is 0.742. The van der Waals surface area contributed by atoms with Crippen LogP contribution in [0.5, 0.6) is 0 Å². The van der Waals surface area contributed by atoms with Crippen molar-refractivity contribution in [2.24, 2.45) is 0 Å². The molecule has 66 valence electrons. The second kappa shape index (κ2) is 4.69. The van der Waals surface area contributed by atoms with E-state index in [1.807, 2.05) is 0 Å². The molecule has 0 aromatic carbocycles. The van der Waals surface area contributed by atoms with Crippen LogP contribution in [-0.2, 0) is 11.2 Å². The quantitative estimate of drug-likeness (QED) is 0.833. The van der Waals surface area contributed by atoms with Gasteiger partial charge in [-0.2, -0.15) is 0 Å². The molecular formula is C7H9BrN2OS. The van der Waals surface area contributed by atoms with Crippen molar-refractivity contribution >= 4 is 28.1 Å². The van der Waals surface area contributed by atoms with Crippen LogP contribution in [0.2, 0.25) is 0 Å². The summed E-state index contributed by atoms with van der Waals surface area (Å²) in [5.41, 5.74) is 0. The number of halogens is 1. The maximum absolute atomic E-state index is 5.01. The molecule has 5 heteroatoms. The second-order valence-corrected chi connectivity index (χ2v) is 3.51. The predicted octanol–water partition coefficient (Wildman–Crippen LogP) is 2.09. The molecule has 0 bridgehead atoms. The Hall–Kier alpha value is -0.260. The highest BCUT2D eigenvalue weighted by atomic mass is 79.9. The summed E-state index contributed by atoms with van der Waals surface area (Å²) in [6.45, 7) is 0.653. The molecule has 0 saturated carbocycles. The minimum Gasteiger partial charge on any atom is -0.384 e. The Morgan fingerprint density at radius 1 is 1.75 bits per heavy atom. The third-order valence-corrected chi connectivity index (χ3v) is 2.54. The van der Waals surface area contributed by atoms with Gasteiger partial charge in [-0.25, -0.2) is 4.98 Å². The Morgan fingerprint density at radius 3 is 3.08 bits per heavy atom. The number of aromatic nitrogens is 2. The van der Waals surface area contributed by atoms with E-state index in [0.29, 0.717) is 11.2 Å². The zero-order valence-electron chi connectivity index (χ0n) is 6.63. The third kappa shape index (κ3) is 2.66. The van der Waals surface area contributed by atoms with E-state index in [1.165, 1.54) is 0 Å².